The highest BCUT2D eigenvalue weighted by atomic mass is 32.2. The second kappa shape index (κ2) is 5.34. The smallest absolute Gasteiger partial charge is 0.243 e. The van der Waals surface area contributed by atoms with Crippen LogP contribution in [0, 0.1) is 0 Å². The SMILES string of the molecule is CN(Cc1cccnc1)S(=O)(=O)c1ccc2c(c1)OCO2. The molecule has 110 valence electrons. The van der Waals surface area contributed by atoms with E-state index in [0.717, 1.165) is 5.56 Å². The lowest BCUT2D eigenvalue weighted by Gasteiger charge is -2.17. The van der Waals surface area contributed by atoms with Crippen molar-refractivity contribution in [2.24, 2.45) is 0 Å². The fourth-order valence-electron chi connectivity index (χ4n) is 2.05. The number of hydrogen-bond donors (Lipinski definition) is 0. The van der Waals surface area contributed by atoms with Crippen LogP contribution < -0.4 is 9.47 Å². The second-order valence-corrected chi connectivity index (χ2v) is 6.68. The van der Waals surface area contributed by atoms with E-state index in [-0.39, 0.29) is 18.2 Å². The molecule has 3 rings (SSSR count). The van der Waals surface area contributed by atoms with Crippen LogP contribution in [0.5, 0.6) is 11.5 Å². The molecule has 7 heteroatoms. The Morgan fingerprint density at radius 2 is 2.05 bits per heavy atom. The van der Waals surface area contributed by atoms with Gasteiger partial charge in [-0.25, -0.2) is 8.42 Å². The Balaban J connectivity index is 1.86. The topological polar surface area (TPSA) is 68.7 Å². The summed E-state index contributed by atoms with van der Waals surface area (Å²) in [6, 6.07) is 8.21. The van der Waals surface area contributed by atoms with E-state index >= 15 is 0 Å². The molecule has 6 nitrogen and oxygen atoms in total. The molecule has 0 saturated heterocycles. The van der Waals surface area contributed by atoms with Gasteiger partial charge in [0.15, 0.2) is 11.5 Å². The number of ether oxygens (including phenoxy) is 2. The van der Waals surface area contributed by atoms with Gasteiger partial charge in [0.2, 0.25) is 16.8 Å². The van der Waals surface area contributed by atoms with Crippen LogP contribution in [0.1, 0.15) is 5.56 Å². The van der Waals surface area contributed by atoms with Crippen molar-refractivity contribution >= 4 is 10.0 Å². The summed E-state index contributed by atoms with van der Waals surface area (Å²) in [5, 5.41) is 0. The molecule has 0 aliphatic carbocycles. The Morgan fingerprint density at radius 1 is 1.24 bits per heavy atom. The molecule has 2 aromatic rings. The number of pyridine rings is 1. The lowest BCUT2D eigenvalue weighted by Crippen LogP contribution is -2.26. The van der Waals surface area contributed by atoms with Gasteiger partial charge in [0.1, 0.15) is 0 Å². The summed E-state index contributed by atoms with van der Waals surface area (Å²) in [6.45, 7) is 0.370. The molecule has 21 heavy (non-hydrogen) atoms. The number of nitrogens with zero attached hydrogens (tertiary/aromatic N) is 2. The summed E-state index contributed by atoms with van der Waals surface area (Å²) >= 11 is 0. The first-order valence-electron chi connectivity index (χ1n) is 6.32. The highest BCUT2D eigenvalue weighted by molar-refractivity contribution is 7.89. The number of rotatable bonds is 4. The minimum Gasteiger partial charge on any atom is -0.454 e. The van der Waals surface area contributed by atoms with Gasteiger partial charge < -0.3 is 9.47 Å². The first kappa shape index (κ1) is 13.8. The van der Waals surface area contributed by atoms with Crippen molar-refractivity contribution in [2.45, 2.75) is 11.4 Å². The van der Waals surface area contributed by atoms with Crippen molar-refractivity contribution in [1.82, 2.24) is 9.29 Å². The number of sulfonamides is 1. The van der Waals surface area contributed by atoms with Crippen molar-refractivity contribution < 1.29 is 17.9 Å². The van der Waals surface area contributed by atoms with Crippen LogP contribution in [0.15, 0.2) is 47.6 Å². The Bertz CT molecular complexity index is 747. The van der Waals surface area contributed by atoms with E-state index in [9.17, 15) is 8.42 Å². The zero-order valence-electron chi connectivity index (χ0n) is 11.4. The van der Waals surface area contributed by atoms with Crippen LogP contribution in [0.2, 0.25) is 0 Å². The number of benzene rings is 1. The molecular formula is C14H14N2O4S. The van der Waals surface area contributed by atoms with E-state index in [1.54, 1.807) is 24.5 Å². The van der Waals surface area contributed by atoms with Crippen LogP contribution in [-0.2, 0) is 16.6 Å². The van der Waals surface area contributed by atoms with Crippen LogP contribution in [0.25, 0.3) is 0 Å². The van der Waals surface area contributed by atoms with Gasteiger partial charge in [-0.1, -0.05) is 6.07 Å². The summed E-state index contributed by atoms with van der Waals surface area (Å²) in [5.74, 6) is 1.01. The third kappa shape index (κ3) is 2.70. The van der Waals surface area contributed by atoms with E-state index < -0.39 is 10.0 Å². The Morgan fingerprint density at radius 3 is 2.81 bits per heavy atom. The fourth-order valence-corrected chi connectivity index (χ4v) is 3.23. The van der Waals surface area contributed by atoms with Gasteiger partial charge >= 0.3 is 0 Å². The van der Waals surface area contributed by atoms with Crippen molar-refractivity contribution in [3.8, 4) is 11.5 Å². The van der Waals surface area contributed by atoms with Crippen LogP contribution in [-0.4, -0.2) is 31.5 Å². The molecule has 1 aromatic heterocycles. The number of fused-ring (bicyclic) bond motifs is 1. The molecule has 1 aliphatic rings. The third-order valence-electron chi connectivity index (χ3n) is 3.18. The molecular weight excluding hydrogens is 292 g/mol. The van der Waals surface area contributed by atoms with Gasteiger partial charge in [-0.2, -0.15) is 4.31 Å². The predicted molar refractivity (Wildman–Crippen MR) is 75.5 cm³/mol. The van der Waals surface area contributed by atoms with Gasteiger partial charge in [-0.3, -0.25) is 4.98 Å². The standard InChI is InChI=1S/C14H14N2O4S/c1-16(9-11-3-2-6-15-8-11)21(17,18)12-4-5-13-14(7-12)20-10-19-13/h2-8H,9-10H2,1H3. The Hall–Kier alpha value is -2.12. The molecule has 0 N–H and O–H groups in total. The molecule has 1 aromatic carbocycles. The van der Waals surface area contributed by atoms with E-state index in [0.29, 0.717) is 11.5 Å². The second-order valence-electron chi connectivity index (χ2n) is 4.64. The maximum atomic E-state index is 12.5. The fraction of sp³-hybridized carbons (Fsp3) is 0.214. The normalized spacial score (nSPS) is 13.6. The average molecular weight is 306 g/mol. The molecule has 0 unspecified atom stereocenters. The molecule has 0 radical (unpaired) electrons. The maximum absolute atomic E-state index is 12.5. The lowest BCUT2D eigenvalue weighted by atomic mass is 10.3. The van der Waals surface area contributed by atoms with E-state index in [1.807, 2.05) is 6.07 Å². The number of aromatic nitrogens is 1. The summed E-state index contributed by atoms with van der Waals surface area (Å²) in [5.41, 5.74) is 0.823. The summed E-state index contributed by atoms with van der Waals surface area (Å²) in [7, 11) is -2.05. The maximum Gasteiger partial charge on any atom is 0.243 e. The molecule has 0 saturated carbocycles. The molecule has 0 fully saturated rings. The zero-order chi connectivity index (χ0) is 14.9. The largest absolute Gasteiger partial charge is 0.454 e. The van der Waals surface area contributed by atoms with E-state index in [1.165, 1.54) is 23.5 Å². The first-order chi connectivity index (χ1) is 10.1. The van der Waals surface area contributed by atoms with Gasteiger partial charge in [-0.15, -0.1) is 0 Å². The van der Waals surface area contributed by atoms with Crippen molar-refractivity contribution in [2.75, 3.05) is 13.8 Å². The third-order valence-corrected chi connectivity index (χ3v) is 4.98. The summed E-state index contributed by atoms with van der Waals surface area (Å²) < 4.78 is 36.8. The highest BCUT2D eigenvalue weighted by Gasteiger charge is 2.24. The van der Waals surface area contributed by atoms with Crippen molar-refractivity contribution in [3.63, 3.8) is 0 Å². The minimum atomic E-state index is -3.59. The lowest BCUT2D eigenvalue weighted by molar-refractivity contribution is 0.174. The van der Waals surface area contributed by atoms with Crippen LogP contribution >= 0.6 is 0 Å². The molecule has 0 spiro atoms. The van der Waals surface area contributed by atoms with E-state index in [4.69, 9.17) is 9.47 Å². The number of hydrogen-bond acceptors (Lipinski definition) is 5. The van der Waals surface area contributed by atoms with E-state index in [2.05, 4.69) is 4.98 Å². The first-order valence-corrected chi connectivity index (χ1v) is 7.76. The van der Waals surface area contributed by atoms with Gasteiger partial charge in [0.05, 0.1) is 4.90 Å². The molecule has 2 heterocycles. The minimum absolute atomic E-state index is 0.115. The van der Waals surface area contributed by atoms with Crippen LogP contribution in [0.4, 0.5) is 0 Å². The molecule has 0 bridgehead atoms. The van der Waals surface area contributed by atoms with Gasteiger partial charge in [0.25, 0.3) is 0 Å². The molecule has 1 aliphatic heterocycles. The quantitative estimate of drug-likeness (QED) is 0.859. The predicted octanol–water partition coefficient (Wildman–Crippen LogP) is 1.63. The summed E-state index contributed by atoms with van der Waals surface area (Å²) in [4.78, 5) is 4.16. The average Bonchev–Trinajstić information content (AvgIpc) is 2.95. The van der Waals surface area contributed by atoms with Gasteiger partial charge in [0, 0.05) is 32.1 Å². The van der Waals surface area contributed by atoms with Gasteiger partial charge in [-0.05, 0) is 23.8 Å². The van der Waals surface area contributed by atoms with Crippen molar-refractivity contribution in [3.05, 3.63) is 48.3 Å². The Kier molecular flexibility index (Phi) is 3.52. The highest BCUT2D eigenvalue weighted by Crippen LogP contribution is 2.34. The van der Waals surface area contributed by atoms with Crippen molar-refractivity contribution in [1.29, 1.82) is 0 Å². The summed E-state index contributed by atoms with van der Waals surface area (Å²) in [6.07, 6.45) is 3.29. The Labute approximate surface area is 123 Å². The van der Waals surface area contributed by atoms with Crippen LogP contribution in [0.3, 0.4) is 0 Å². The monoisotopic (exact) mass is 306 g/mol. The zero-order valence-corrected chi connectivity index (χ0v) is 12.2. The molecule has 0 atom stereocenters. The molecule has 0 amide bonds.